The Balaban J connectivity index is 0.00000192. The predicted molar refractivity (Wildman–Crippen MR) is 99.6 cm³/mol. The predicted octanol–water partition coefficient (Wildman–Crippen LogP) is 3.97. The van der Waals surface area contributed by atoms with Gasteiger partial charge in [-0.2, -0.15) is 0 Å². The highest BCUT2D eigenvalue weighted by atomic mass is 35.5. The van der Waals surface area contributed by atoms with Gasteiger partial charge in [0.1, 0.15) is 0 Å². The van der Waals surface area contributed by atoms with E-state index in [2.05, 4.69) is 27.7 Å². The molecule has 3 rings (SSSR count). The number of rotatable bonds is 7. The SMILES string of the molecule is Cl.O=C(NCCCCN1CCCC1)C1(c2cccs2)CCCC1. The summed E-state index contributed by atoms with van der Waals surface area (Å²) in [6, 6.07) is 4.21. The molecule has 0 unspecified atom stereocenters. The molecule has 23 heavy (non-hydrogen) atoms. The molecule has 0 spiro atoms. The van der Waals surface area contributed by atoms with E-state index in [1.807, 2.05) is 0 Å². The van der Waals surface area contributed by atoms with E-state index in [1.165, 1.54) is 56.6 Å². The Morgan fingerprint density at radius 1 is 1.17 bits per heavy atom. The van der Waals surface area contributed by atoms with Gasteiger partial charge in [0.05, 0.1) is 5.41 Å². The summed E-state index contributed by atoms with van der Waals surface area (Å²) in [5.74, 6) is 0.272. The van der Waals surface area contributed by atoms with E-state index in [1.54, 1.807) is 11.3 Å². The van der Waals surface area contributed by atoms with Gasteiger partial charge < -0.3 is 10.2 Å². The lowest BCUT2D eigenvalue weighted by Gasteiger charge is -2.26. The van der Waals surface area contributed by atoms with Crippen LogP contribution in [-0.4, -0.2) is 37.0 Å². The number of hydrogen-bond acceptors (Lipinski definition) is 3. The van der Waals surface area contributed by atoms with Crippen molar-refractivity contribution < 1.29 is 4.79 Å². The maximum atomic E-state index is 12.8. The summed E-state index contributed by atoms with van der Waals surface area (Å²) in [5.41, 5.74) is -0.219. The average molecular weight is 357 g/mol. The average Bonchev–Trinajstić information content (AvgIpc) is 3.27. The van der Waals surface area contributed by atoms with Gasteiger partial charge in [0.2, 0.25) is 5.91 Å². The summed E-state index contributed by atoms with van der Waals surface area (Å²) in [6.45, 7) is 4.58. The van der Waals surface area contributed by atoms with Crippen LogP contribution >= 0.6 is 23.7 Å². The fraction of sp³-hybridized carbons (Fsp3) is 0.722. The third kappa shape index (κ3) is 4.49. The molecule has 1 aromatic heterocycles. The Hall–Kier alpha value is -0.580. The zero-order valence-corrected chi connectivity index (χ0v) is 15.5. The van der Waals surface area contributed by atoms with Crippen LogP contribution in [-0.2, 0) is 10.2 Å². The molecule has 1 aliphatic carbocycles. The van der Waals surface area contributed by atoms with Gasteiger partial charge >= 0.3 is 0 Å². The summed E-state index contributed by atoms with van der Waals surface area (Å²) in [4.78, 5) is 16.6. The molecule has 130 valence electrons. The summed E-state index contributed by atoms with van der Waals surface area (Å²) >= 11 is 1.74. The standard InChI is InChI=1S/C18H28N2OS.ClH/c21-17(19-11-3-4-12-20-13-5-6-14-20)18(9-1-2-10-18)16-8-7-15-22-16;/h7-8,15H,1-6,9-14H2,(H,19,21);1H. The van der Waals surface area contributed by atoms with E-state index in [0.29, 0.717) is 0 Å². The highest BCUT2D eigenvalue weighted by molar-refractivity contribution is 7.10. The summed E-state index contributed by atoms with van der Waals surface area (Å²) < 4.78 is 0. The van der Waals surface area contributed by atoms with Crippen molar-refractivity contribution in [2.24, 2.45) is 0 Å². The minimum atomic E-state index is -0.219. The molecular formula is C18H29ClN2OS. The monoisotopic (exact) mass is 356 g/mol. The van der Waals surface area contributed by atoms with Crippen LogP contribution in [0.1, 0.15) is 56.2 Å². The number of hydrogen-bond donors (Lipinski definition) is 1. The van der Waals surface area contributed by atoms with Crippen LogP contribution in [0.4, 0.5) is 0 Å². The maximum Gasteiger partial charge on any atom is 0.231 e. The number of halogens is 1. The van der Waals surface area contributed by atoms with Crippen LogP contribution in [0, 0.1) is 0 Å². The fourth-order valence-electron chi connectivity index (χ4n) is 3.95. The topological polar surface area (TPSA) is 32.3 Å². The number of amides is 1. The second-order valence-electron chi connectivity index (χ2n) is 6.78. The summed E-state index contributed by atoms with van der Waals surface area (Å²) in [5, 5.41) is 5.32. The number of thiophene rings is 1. The number of carbonyl (C=O) groups is 1. The van der Waals surface area contributed by atoms with Gasteiger partial charge in [-0.05, 0) is 69.6 Å². The van der Waals surface area contributed by atoms with Crippen LogP contribution < -0.4 is 5.32 Å². The van der Waals surface area contributed by atoms with Crippen molar-refractivity contribution in [2.45, 2.75) is 56.8 Å². The molecule has 1 amide bonds. The first-order valence-corrected chi connectivity index (χ1v) is 9.74. The van der Waals surface area contributed by atoms with Crippen molar-refractivity contribution in [1.82, 2.24) is 10.2 Å². The summed E-state index contributed by atoms with van der Waals surface area (Å²) in [6.07, 6.45) is 9.43. The van der Waals surface area contributed by atoms with Gasteiger partial charge in [-0.15, -0.1) is 23.7 Å². The Kier molecular flexibility index (Phi) is 7.38. The second-order valence-corrected chi connectivity index (χ2v) is 7.73. The van der Waals surface area contributed by atoms with Gasteiger partial charge in [0.15, 0.2) is 0 Å². The minimum Gasteiger partial charge on any atom is -0.355 e. The molecule has 1 N–H and O–H groups in total. The smallest absolute Gasteiger partial charge is 0.231 e. The number of likely N-dealkylation sites (tertiary alicyclic amines) is 1. The zero-order chi connectivity index (χ0) is 15.3. The highest BCUT2D eigenvalue weighted by Crippen LogP contribution is 2.43. The first kappa shape index (κ1) is 18.8. The quantitative estimate of drug-likeness (QED) is 0.749. The molecule has 0 radical (unpaired) electrons. The molecule has 3 nitrogen and oxygen atoms in total. The van der Waals surface area contributed by atoms with E-state index in [0.717, 1.165) is 25.8 Å². The van der Waals surface area contributed by atoms with Gasteiger partial charge in [0.25, 0.3) is 0 Å². The lowest BCUT2D eigenvalue weighted by molar-refractivity contribution is -0.126. The molecule has 5 heteroatoms. The van der Waals surface area contributed by atoms with Crippen molar-refractivity contribution in [3.05, 3.63) is 22.4 Å². The molecule has 0 aromatic carbocycles. The van der Waals surface area contributed by atoms with Crippen LogP contribution in [0.5, 0.6) is 0 Å². The van der Waals surface area contributed by atoms with E-state index in [-0.39, 0.29) is 23.7 Å². The molecule has 1 aliphatic heterocycles. The van der Waals surface area contributed by atoms with E-state index in [9.17, 15) is 4.79 Å². The molecule has 1 aromatic rings. The van der Waals surface area contributed by atoms with Crippen LogP contribution in [0.3, 0.4) is 0 Å². The van der Waals surface area contributed by atoms with E-state index >= 15 is 0 Å². The molecule has 0 bridgehead atoms. The fourth-order valence-corrected chi connectivity index (χ4v) is 4.94. The lowest BCUT2D eigenvalue weighted by Crippen LogP contribution is -2.42. The van der Waals surface area contributed by atoms with Crippen LogP contribution in [0.25, 0.3) is 0 Å². The van der Waals surface area contributed by atoms with Gasteiger partial charge in [-0.25, -0.2) is 0 Å². The summed E-state index contributed by atoms with van der Waals surface area (Å²) in [7, 11) is 0. The Morgan fingerprint density at radius 2 is 1.91 bits per heavy atom. The van der Waals surface area contributed by atoms with Crippen LogP contribution in [0.15, 0.2) is 17.5 Å². The normalized spacial score (nSPS) is 20.3. The maximum absolute atomic E-state index is 12.8. The number of nitrogens with one attached hydrogen (secondary N) is 1. The zero-order valence-electron chi connectivity index (χ0n) is 13.9. The molecule has 1 saturated carbocycles. The third-order valence-corrected chi connectivity index (χ3v) is 6.34. The third-order valence-electron chi connectivity index (χ3n) is 5.27. The van der Waals surface area contributed by atoms with Gasteiger partial charge in [-0.1, -0.05) is 18.9 Å². The van der Waals surface area contributed by atoms with E-state index < -0.39 is 0 Å². The van der Waals surface area contributed by atoms with Crippen molar-refractivity contribution in [3.63, 3.8) is 0 Å². The Labute approximate surface area is 150 Å². The number of nitrogens with zero attached hydrogens (tertiary/aromatic N) is 1. The molecule has 2 heterocycles. The first-order chi connectivity index (χ1) is 10.8. The lowest BCUT2D eigenvalue weighted by atomic mass is 9.83. The molecule has 0 atom stereocenters. The molecule has 2 aliphatic rings. The van der Waals surface area contributed by atoms with Crippen LogP contribution in [0.2, 0.25) is 0 Å². The number of unbranched alkanes of at least 4 members (excludes halogenated alkanes) is 1. The largest absolute Gasteiger partial charge is 0.355 e. The molecule has 2 fully saturated rings. The first-order valence-electron chi connectivity index (χ1n) is 8.86. The van der Waals surface area contributed by atoms with Crippen molar-refractivity contribution in [1.29, 1.82) is 0 Å². The van der Waals surface area contributed by atoms with Crippen molar-refractivity contribution in [3.8, 4) is 0 Å². The Bertz CT molecular complexity index is 465. The number of carbonyl (C=O) groups excluding carboxylic acids is 1. The Morgan fingerprint density at radius 3 is 2.57 bits per heavy atom. The molecule has 1 saturated heterocycles. The van der Waals surface area contributed by atoms with Gasteiger partial charge in [0, 0.05) is 11.4 Å². The highest BCUT2D eigenvalue weighted by Gasteiger charge is 2.43. The second kappa shape index (κ2) is 9.05. The van der Waals surface area contributed by atoms with Gasteiger partial charge in [-0.3, -0.25) is 4.79 Å². The van der Waals surface area contributed by atoms with Crippen molar-refractivity contribution >= 4 is 29.7 Å². The van der Waals surface area contributed by atoms with E-state index in [4.69, 9.17) is 0 Å². The molecular weight excluding hydrogens is 328 g/mol. The van der Waals surface area contributed by atoms with Crippen molar-refractivity contribution in [2.75, 3.05) is 26.2 Å². The minimum absolute atomic E-state index is 0.